The molecule has 0 aliphatic heterocycles. The van der Waals surface area contributed by atoms with Crippen molar-refractivity contribution in [3.05, 3.63) is 41.2 Å². The summed E-state index contributed by atoms with van der Waals surface area (Å²) < 4.78 is 25.4. The molecule has 1 aromatic carbocycles. The van der Waals surface area contributed by atoms with Crippen LogP contribution in [-0.2, 0) is 22.9 Å². The number of hydrogen-bond donors (Lipinski definition) is 0. The number of pyridine rings is 1. The third kappa shape index (κ3) is 3.34. The zero-order valence-corrected chi connectivity index (χ0v) is 16.6. The van der Waals surface area contributed by atoms with Gasteiger partial charge in [0.2, 0.25) is 0 Å². The molecule has 0 fully saturated rings. The van der Waals surface area contributed by atoms with Gasteiger partial charge >= 0.3 is 5.16 Å². The number of aryl methyl sites for hydroxylation is 1. The molecular formula is C18H20ClN3O3S. The topological polar surface area (TPSA) is 72.2 Å². The fourth-order valence-corrected chi connectivity index (χ4v) is 4.50. The summed E-state index contributed by atoms with van der Waals surface area (Å²) >= 11 is 4.69. The molecule has 8 heteroatoms. The second kappa shape index (κ2) is 7.73. The average molecular weight is 394 g/mol. The third-order valence-electron chi connectivity index (χ3n) is 4.26. The molecule has 0 aliphatic carbocycles. The van der Waals surface area contributed by atoms with Crippen molar-refractivity contribution >= 4 is 33.8 Å². The second-order valence-corrected chi connectivity index (χ2v) is 7.42. The summed E-state index contributed by atoms with van der Waals surface area (Å²) in [6.45, 7) is 3.85. The van der Waals surface area contributed by atoms with Crippen molar-refractivity contribution in [1.29, 1.82) is 0 Å². The predicted octanol–water partition coefficient (Wildman–Crippen LogP) is 3.57. The van der Waals surface area contributed by atoms with Gasteiger partial charge in [0.25, 0.3) is 0 Å². The van der Waals surface area contributed by atoms with Crippen LogP contribution in [0.2, 0.25) is 0 Å². The Morgan fingerprint density at radius 2 is 2.00 bits per heavy atom. The maximum atomic E-state index is 13.0. The van der Waals surface area contributed by atoms with E-state index in [1.165, 1.54) is 0 Å². The Hall–Kier alpha value is -1.96. The van der Waals surface area contributed by atoms with Crippen molar-refractivity contribution < 1.29 is 14.0 Å². The van der Waals surface area contributed by atoms with E-state index in [1.807, 2.05) is 26.0 Å². The van der Waals surface area contributed by atoms with Gasteiger partial charge in [-0.3, -0.25) is 9.55 Å². The molecule has 0 radical (unpaired) electrons. The van der Waals surface area contributed by atoms with E-state index in [0.717, 1.165) is 28.1 Å². The monoisotopic (exact) mass is 393 g/mol. The number of rotatable bonds is 6. The lowest BCUT2D eigenvalue weighted by molar-refractivity contribution is 0.407. The minimum absolute atomic E-state index is 0.160. The second-order valence-electron chi connectivity index (χ2n) is 5.83. The number of methoxy groups -OCH3 is 2. The first-order valence-corrected chi connectivity index (χ1v) is 9.83. The number of hydrogen-bond acceptors (Lipinski definition) is 5. The molecule has 2 heterocycles. The third-order valence-corrected chi connectivity index (χ3v) is 5.75. The van der Waals surface area contributed by atoms with Crippen LogP contribution in [0.5, 0.6) is 11.5 Å². The number of alkyl halides is 1. The molecule has 0 amide bonds. The van der Waals surface area contributed by atoms with E-state index in [0.29, 0.717) is 16.4 Å². The minimum atomic E-state index is -1.41. The molecule has 138 valence electrons. The van der Waals surface area contributed by atoms with Crippen molar-refractivity contribution in [3.63, 3.8) is 0 Å². The molecule has 0 saturated heterocycles. The molecular weight excluding hydrogens is 374 g/mol. The molecule has 2 aromatic heterocycles. The predicted molar refractivity (Wildman–Crippen MR) is 103 cm³/mol. The van der Waals surface area contributed by atoms with Gasteiger partial charge in [-0.05, 0) is 26.0 Å². The lowest BCUT2D eigenvalue weighted by Crippen LogP contribution is -2.14. The minimum Gasteiger partial charge on any atom is -0.609 e. The SMILES string of the molecule is COc1ccc2c(c1)nc([S+]([O-])Cc1ncc(C)c(OC)c1C)n2CCl. The summed E-state index contributed by atoms with van der Waals surface area (Å²) in [5, 5.41) is 0.420. The highest BCUT2D eigenvalue weighted by molar-refractivity contribution is 7.90. The molecule has 26 heavy (non-hydrogen) atoms. The maximum absolute atomic E-state index is 13.0. The summed E-state index contributed by atoms with van der Waals surface area (Å²) in [4.78, 5) is 8.94. The molecule has 1 unspecified atom stereocenters. The summed E-state index contributed by atoms with van der Waals surface area (Å²) in [6, 6.07) is 5.66. The fourth-order valence-electron chi connectivity index (χ4n) is 2.91. The summed E-state index contributed by atoms with van der Waals surface area (Å²) in [7, 11) is 3.22. The molecule has 0 spiro atoms. The van der Waals surface area contributed by atoms with Crippen LogP contribution in [0.1, 0.15) is 16.8 Å². The smallest absolute Gasteiger partial charge is 0.325 e. The number of nitrogens with zero attached hydrogens (tertiary/aromatic N) is 3. The van der Waals surface area contributed by atoms with E-state index in [2.05, 4.69) is 9.97 Å². The largest absolute Gasteiger partial charge is 0.609 e. The highest BCUT2D eigenvalue weighted by Gasteiger charge is 2.24. The van der Waals surface area contributed by atoms with E-state index in [-0.39, 0.29) is 11.8 Å². The van der Waals surface area contributed by atoms with Crippen LogP contribution in [0.25, 0.3) is 11.0 Å². The van der Waals surface area contributed by atoms with Gasteiger partial charge in [-0.25, -0.2) is 0 Å². The molecule has 6 nitrogen and oxygen atoms in total. The van der Waals surface area contributed by atoms with Gasteiger partial charge in [0.05, 0.1) is 30.9 Å². The number of ether oxygens (including phenoxy) is 2. The van der Waals surface area contributed by atoms with Gasteiger partial charge in [0.1, 0.15) is 17.5 Å². The first-order chi connectivity index (χ1) is 12.5. The molecule has 0 N–H and O–H groups in total. The molecule has 3 aromatic rings. The van der Waals surface area contributed by atoms with Gasteiger partial charge in [-0.15, -0.1) is 11.6 Å². The van der Waals surface area contributed by atoms with Crippen molar-refractivity contribution in [2.24, 2.45) is 0 Å². The van der Waals surface area contributed by atoms with E-state index in [1.54, 1.807) is 31.0 Å². The highest BCUT2D eigenvalue weighted by Crippen LogP contribution is 2.29. The van der Waals surface area contributed by atoms with Gasteiger partial charge in [0, 0.05) is 34.6 Å². The average Bonchev–Trinajstić information content (AvgIpc) is 3.02. The number of aromatic nitrogens is 3. The van der Waals surface area contributed by atoms with Gasteiger partial charge in [-0.2, -0.15) is 4.98 Å². The van der Waals surface area contributed by atoms with Crippen molar-refractivity contribution in [1.82, 2.24) is 14.5 Å². The van der Waals surface area contributed by atoms with Crippen LogP contribution in [0.4, 0.5) is 0 Å². The van der Waals surface area contributed by atoms with Crippen LogP contribution >= 0.6 is 11.6 Å². The van der Waals surface area contributed by atoms with Crippen LogP contribution in [0.3, 0.4) is 0 Å². The Bertz CT molecular complexity index is 945. The fraction of sp³-hybridized carbons (Fsp3) is 0.333. The summed E-state index contributed by atoms with van der Waals surface area (Å²) in [5.74, 6) is 1.69. The van der Waals surface area contributed by atoms with E-state index in [9.17, 15) is 4.55 Å². The van der Waals surface area contributed by atoms with E-state index in [4.69, 9.17) is 21.1 Å². The molecule has 0 aliphatic rings. The van der Waals surface area contributed by atoms with Crippen LogP contribution < -0.4 is 9.47 Å². The molecule has 1 atom stereocenters. The Labute approximate surface area is 160 Å². The standard InChI is InChI=1S/C18H20ClN3O3S/c1-11-8-20-15(12(2)17(11)25-4)9-26(23)18-21-14-7-13(24-3)5-6-16(14)22(18)10-19/h5-8H,9-10H2,1-4H3. The van der Waals surface area contributed by atoms with Gasteiger partial charge in [0.15, 0.2) is 5.75 Å². The molecule has 3 rings (SSSR count). The number of imidazole rings is 1. The molecule has 0 bridgehead atoms. The van der Waals surface area contributed by atoms with Crippen molar-refractivity contribution in [3.8, 4) is 11.5 Å². The van der Waals surface area contributed by atoms with Crippen molar-refractivity contribution in [2.75, 3.05) is 14.2 Å². The quantitative estimate of drug-likeness (QED) is 0.473. The van der Waals surface area contributed by atoms with Crippen molar-refractivity contribution in [2.45, 2.75) is 30.8 Å². The summed E-state index contributed by atoms with van der Waals surface area (Å²) in [5.41, 5.74) is 4.06. The lowest BCUT2D eigenvalue weighted by Gasteiger charge is -2.14. The first-order valence-electron chi connectivity index (χ1n) is 7.97. The Balaban J connectivity index is 1.99. The van der Waals surface area contributed by atoms with Crippen LogP contribution in [-0.4, -0.2) is 33.3 Å². The highest BCUT2D eigenvalue weighted by atomic mass is 35.5. The normalized spacial score (nSPS) is 12.4. The Morgan fingerprint density at radius 1 is 1.23 bits per heavy atom. The maximum Gasteiger partial charge on any atom is 0.325 e. The summed E-state index contributed by atoms with van der Waals surface area (Å²) in [6.07, 6.45) is 1.73. The van der Waals surface area contributed by atoms with E-state index >= 15 is 0 Å². The van der Waals surface area contributed by atoms with Gasteiger partial charge in [-0.1, -0.05) is 0 Å². The zero-order chi connectivity index (χ0) is 18.8. The van der Waals surface area contributed by atoms with E-state index < -0.39 is 11.2 Å². The number of fused-ring (bicyclic) bond motifs is 1. The van der Waals surface area contributed by atoms with Crippen LogP contribution in [0, 0.1) is 13.8 Å². The Kier molecular flexibility index (Phi) is 5.60. The lowest BCUT2D eigenvalue weighted by atomic mass is 10.1. The Morgan fingerprint density at radius 3 is 2.65 bits per heavy atom. The number of halogens is 1. The zero-order valence-electron chi connectivity index (χ0n) is 15.1. The first kappa shape index (κ1) is 18.8. The van der Waals surface area contributed by atoms with Crippen LogP contribution in [0.15, 0.2) is 29.6 Å². The molecule has 0 saturated carbocycles. The number of benzene rings is 1. The van der Waals surface area contributed by atoms with Gasteiger partial charge < -0.3 is 14.0 Å².